The lowest BCUT2D eigenvalue weighted by atomic mass is 10.00. The van der Waals surface area contributed by atoms with Crippen molar-refractivity contribution in [3.63, 3.8) is 0 Å². The molecule has 0 saturated heterocycles. The lowest BCUT2D eigenvalue weighted by Gasteiger charge is -2.17. The number of rotatable bonds is 7. The maximum absolute atomic E-state index is 12.3. The van der Waals surface area contributed by atoms with E-state index in [4.69, 9.17) is 0 Å². The summed E-state index contributed by atoms with van der Waals surface area (Å²) in [5.74, 6) is -0.358. The topological polar surface area (TPSA) is 148 Å². The van der Waals surface area contributed by atoms with Gasteiger partial charge in [0.1, 0.15) is 5.69 Å². The predicted octanol–water partition coefficient (Wildman–Crippen LogP) is 1.72. The summed E-state index contributed by atoms with van der Waals surface area (Å²) in [5.41, 5.74) is 1.84. The van der Waals surface area contributed by atoms with Gasteiger partial charge in [-0.3, -0.25) is 19.7 Å². The van der Waals surface area contributed by atoms with Crippen LogP contribution in [0.4, 0.5) is 17.1 Å². The maximum Gasteiger partial charge on any atom is 0.293 e. The summed E-state index contributed by atoms with van der Waals surface area (Å²) in [6, 6.07) is 8.64. The van der Waals surface area contributed by atoms with Gasteiger partial charge in [0, 0.05) is 43.1 Å². The van der Waals surface area contributed by atoms with E-state index in [9.17, 15) is 28.1 Å². The Morgan fingerprint density at radius 2 is 1.93 bits per heavy atom. The average molecular weight is 432 g/mol. The molecule has 1 aliphatic rings. The summed E-state index contributed by atoms with van der Waals surface area (Å²) in [7, 11) is -3.56. The summed E-state index contributed by atoms with van der Waals surface area (Å²) in [4.78, 5) is 34.2. The molecule has 3 rings (SSSR count). The Kier molecular flexibility index (Phi) is 6.01. The molecule has 0 unspecified atom stereocenters. The lowest BCUT2D eigenvalue weighted by Crippen LogP contribution is -2.29. The molecule has 0 aliphatic carbocycles. The number of hydrogen-bond acceptors (Lipinski definition) is 7. The second-order valence-corrected chi connectivity index (χ2v) is 8.83. The molecule has 2 aromatic rings. The molecule has 0 fully saturated rings. The number of carbonyl (C=O) groups is 2. The van der Waals surface area contributed by atoms with Crippen LogP contribution in [0.2, 0.25) is 0 Å². The highest BCUT2D eigenvalue weighted by Crippen LogP contribution is 2.27. The lowest BCUT2D eigenvalue weighted by molar-refractivity contribution is -0.384. The zero-order chi connectivity index (χ0) is 21.9. The van der Waals surface area contributed by atoms with E-state index in [-0.39, 0.29) is 41.2 Å². The van der Waals surface area contributed by atoms with Crippen LogP contribution >= 0.6 is 0 Å². The van der Waals surface area contributed by atoms with Gasteiger partial charge < -0.3 is 16.0 Å². The van der Waals surface area contributed by atoms with Crippen molar-refractivity contribution in [2.45, 2.75) is 17.7 Å². The van der Waals surface area contributed by atoms with Crippen molar-refractivity contribution in [3.05, 3.63) is 57.6 Å². The first kappa shape index (κ1) is 21.2. The molecule has 2 aromatic carbocycles. The quantitative estimate of drug-likeness (QED) is 0.343. The fraction of sp³-hybridized carbons (Fsp3) is 0.263. The number of carbonyl (C=O) groups excluding carboxylic acids is 2. The molecule has 3 N–H and O–H groups in total. The third kappa shape index (κ3) is 4.92. The molecule has 0 bridgehead atoms. The molecule has 11 heteroatoms. The van der Waals surface area contributed by atoms with Crippen LogP contribution in [0.5, 0.6) is 0 Å². The van der Waals surface area contributed by atoms with E-state index >= 15 is 0 Å². The van der Waals surface area contributed by atoms with E-state index in [0.717, 1.165) is 17.9 Å². The number of anilines is 2. The summed E-state index contributed by atoms with van der Waals surface area (Å²) in [6.45, 7) is 0.392. The van der Waals surface area contributed by atoms with E-state index in [0.29, 0.717) is 24.1 Å². The van der Waals surface area contributed by atoms with Gasteiger partial charge in [-0.2, -0.15) is 0 Å². The number of nitro benzene ring substituents is 1. The van der Waals surface area contributed by atoms with Crippen LogP contribution in [-0.2, 0) is 21.1 Å². The van der Waals surface area contributed by atoms with Gasteiger partial charge in [0.15, 0.2) is 9.84 Å². The Labute approximate surface area is 172 Å². The smallest absolute Gasteiger partial charge is 0.293 e. The molecule has 30 heavy (non-hydrogen) atoms. The Morgan fingerprint density at radius 3 is 2.63 bits per heavy atom. The predicted molar refractivity (Wildman–Crippen MR) is 110 cm³/mol. The Balaban J connectivity index is 1.59. The highest BCUT2D eigenvalue weighted by molar-refractivity contribution is 7.90. The second-order valence-electron chi connectivity index (χ2n) is 6.81. The average Bonchev–Trinajstić information content (AvgIpc) is 2.69. The molecular formula is C19H20N4O6S. The van der Waals surface area contributed by atoms with Crippen molar-refractivity contribution in [2.75, 3.05) is 30.0 Å². The highest BCUT2D eigenvalue weighted by atomic mass is 32.2. The molecule has 1 heterocycles. The fourth-order valence-electron chi connectivity index (χ4n) is 3.04. The minimum atomic E-state index is -3.56. The Hall–Kier alpha value is -3.47. The van der Waals surface area contributed by atoms with Crippen molar-refractivity contribution >= 4 is 38.7 Å². The van der Waals surface area contributed by atoms with E-state index < -0.39 is 14.8 Å². The number of nitrogens with one attached hydrogen (secondary N) is 3. The molecule has 0 atom stereocenters. The van der Waals surface area contributed by atoms with Crippen LogP contribution in [0, 0.1) is 10.1 Å². The molecule has 0 radical (unpaired) electrons. The van der Waals surface area contributed by atoms with Crippen molar-refractivity contribution in [1.82, 2.24) is 5.32 Å². The third-order valence-corrected chi connectivity index (χ3v) is 5.69. The van der Waals surface area contributed by atoms with Gasteiger partial charge >= 0.3 is 0 Å². The number of nitro groups is 1. The van der Waals surface area contributed by atoms with E-state index in [1.54, 1.807) is 18.2 Å². The summed E-state index contributed by atoms with van der Waals surface area (Å²) >= 11 is 0. The number of nitrogens with zero attached hydrogens (tertiary/aromatic N) is 1. The highest BCUT2D eigenvalue weighted by Gasteiger charge is 2.19. The van der Waals surface area contributed by atoms with Crippen molar-refractivity contribution in [3.8, 4) is 0 Å². The van der Waals surface area contributed by atoms with Crippen LogP contribution in [-0.4, -0.2) is 44.5 Å². The van der Waals surface area contributed by atoms with Gasteiger partial charge in [0.25, 0.3) is 11.6 Å². The third-order valence-electron chi connectivity index (χ3n) is 4.58. The van der Waals surface area contributed by atoms with Gasteiger partial charge in [0.2, 0.25) is 5.91 Å². The SMILES string of the molecule is CS(=O)(=O)c1ccc(NCCNC(=O)c2ccc3c(c2)CCC(=O)N3)c([N+](=O)[O-])c1. The van der Waals surface area contributed by atoms with Crippen LogP contribution in [0.1, 0.15) is 22.3 Å². The van der Waals surface area contributed by atoms with Gasteiger partial charge in [-0.15, -0.1) is 0 Å². The molecule has 0 aromatic heterocycles. The number of benzene rings is 2. The molecular weight excluding hydrogens is 412 g/mol. The molecule has 2 amide bonds. The number of aryl methyl sites for hydroxylation is 1. The number of sulfone groups is 1. The van der Waals surface area contributed by atoms with Crippen molar-refractivity contribution in [1.29, 1.82) is 0 Å². The van der Waals surface area contributed by atoms with Crippen LogP contribution in [0.15, 0.2) is 41.3 Å². The standard InChI is InChI=1S/C19H20N4O6S/c1-30(28,29)14-4-6-16(17(11-14)23(26)27)20-8-9-21-19(25)13-2-5-15-12(10-13)3-7-18(24)22-15/h2,4-6,10-11,20H,3,7-9H2,1H3,(H,21,25)(H,22,24). The number of hydrogen-bond donors (Lipinski definition) is 3. The normalized spacial score (nSPS) is 13.2. The van der Waals surface area contributed by atoms with Crippen LogP contribution in [0.25, 0.3) is 0 Å². The maximum atomic E-state index is 12.3. The number of fused-ring (bicyclic) bond motifs is 1. The minimum Gasteiger partial charge on any atom is -0.378 e. The van der Waals surface area contributed by atoms with Crippen LogP contribution < -0.4 is 16.0 Å². The summed E-state index contributed by atoms with van der Waals surface area (Å²) < 4.78 is 23.2. The monoisotopic (exact) mass is 432 g/mol. The van der Waals surface area contributed by atoms with E-state index in [2.05, 4.69) is 16.0 Å². The fourth-order valence-corrected chi connectivity index (χ4v) is 3.68. The molecule has 158 valence electrons. The van der Waals surface area contributed by atoms with E-state index in [1.165, 1.54) is 12.1 Å². The van der Waals surface area contributed by atoms with Crippen LogP contribution in [0.3, 0.4) is 0 Å². The van der Waals surface area contributed by atoms with Gasteiger partial charge in [-0.05, 0) is 42.3 Å². The van der Waals surface area contributed by atoms with Crippen molar-refractivity contribution < 1.29 is 22.9 Å². The largest absolute Gasteiger partial charge is 0.378 e. The Bertz CT molecular complexity index is 1130. The van der Waals surface area contributed by atoms with Crippen molar-refractivity contribution in [2.24, 2.45) is 0 Å². The van der Waals surface area contributed by atoms with Gasteiger partial charge in [-0.25, -0.2) is 8.42 Å². The number of amides is 2. The van der Waals surface area contributed by atoms with Gasteiger partial charge in [-0.1, -0.05) is 0 Å². The van der Waals surface area contributed by atoms with Gasteiger partial charge in [0.05, 0.1) is 9.82 Å². The first-order valence-electron chi connectivity index (χ1n) is 9.08. The van der Waals surface area contributed by atoms with E-state index in [1.807, 2.05) is 0 Å². The first-order valence-corrected chi connectivity index (χ1v) is 11.0. The Morgan fingerprint density at radius 1 is 1.17 bits per heavy atom. The molecule has 10 nitrogen and oxygen atoms in total. The zero-order valence-electron chi connectivity index (χ0n) is 16.1. The first-order chi connectivity index (χ1) is 14.1. The molecule has 0 saturated carbocycles. The molecule has 1 aliphatic heterocycles. The summed E-state index contributed by atoms with van der Waals surface area (Å²) in [6.07, 6.45) is 1.92. The second kappa shape index (κ2) is 8.49. The minimum absolute atomic E-state index is 0.0514. The zero-order valence-corrected chi connectivity index (χ0v) is 16.9. The summed E-state index contributed by atoms with van der Waals surface area (Å²) in [5, 5.41) is 19.5. The molecule has 0 spiro atoms.